The van der Waals surface area contributed by atoms with E-state index < -0.39 is 5.60 Å². The first-order valence-corrected chi connectivity index (χ1v) is 12.7. The van der Waals surface area contributed by atoms with Crippen molar-refractivity contribution in [1.29, 1.82) is 0 Å². The van der Waals surface area contributed by atoms with Gasteiger partial charge in [0.1, 0.15) is 16.9 Å². The highest BCUT2D eigenvalue weighted by molar-refractivity contribution is 6.19. The zero-order chi connectivity index (χ0) is 24.7. The van der Waals surface area contributed by atoms with Gasteiger partial charge in [-0.25, -0.2) is 4.98 Å². The Labute approximate surface area is 207 Å². The fraction of sp³-hybridized carbons (Fsp3) is 0.333. The first kappa shape index (κ1) is 23.3. The minimum absolute atomic E-state index is 0.0729. The van der Waals surface area contributed by atoms with Crippen LogP contribution in [0.15, 0.2) is 60.7 Å². The van der Waals surface area contributed by atoms with Crippen LogP contribution in [0.25, 0.3) is 22.4 Å². The number of aryl methyl sites for hydroxylation is 1. The van der Waals surface area contributed by atoms with Crippen LogP contribution in [0.4, 0.5) is 5.69 Å². The Hall–Kier alpha value is -3.44. The molecule has 0 aliphatic heterocycles. The number of rotatable bonds is 7. The standard InChI is InChI=1S/C30H33N3O2/c1-5-8-19-33-25-18-17-24-26(28(34)22-11-9-10-12-23(22)30(24,4)35)27(25)31-29(33)20-13-15-21(16-14-20)32(6-2)7-3/h9-18,35H,5-8,19H2,1-4H3/t30-/m0/s1. The highest BCUT2D eigenvalue weighted by Gasteiger charge is 2.40. The Kier molecular flexibility index (Phi) is 5.97. The van der Waals surface area contributed by atoms with E-state index in [-0.39, 0.29) is 5.78 Å². The summed E-state index contributed by atoms with van der Waals surface area (Å²) in [7, 11) is 0. The van der Waals surface area contributed by atoms with Gasteiger partial charge in [0.15, 0.2) is 5.78 Å². The molecule has 5 nitrogen and oxygen atoms in total. The van der Waals surface area contributed by atoms with Crippen molar-refractivity contribution in [2.45, 2.75) is 52.7 Å². The van der Waals surface area contributed by atoms with Crippen molar-refractivity contribution in [2.75, 3.05) is 18.0 Å². The largest absolute Gasteiger partial charge is 0.381 e. The summed E-state index contributed by atoms with van der Waals surface area (Å²) in [6.07, 6.45) is 2.08. The Balaban J connectivity index is 1.71. The molecule has 35 heavy (non-hydrogen) atoms. The van der Waals surface area contributed by atoms with Crippen LogP contribution in [-0.2, 0) is 12.1 Å². The average molecular weight is 468 g/mol. The van der Waals surface area contributed by atoms with Gasteiger partial charge in [0, 0.05) is 42.0 Å². The van der Waals surface area contributed by atoms with Crippen LogP contribution in [0.1, 0.15) is 67.6 Å². The summed E-state index contributed by atoms with van der Waals surface area (Å²) < 4.78 is 2.23. The van der Waals surface area contributed by atoms with Crippen LogP contribution < -0.4 is 4.90 Å². The quantitative estimate of drug-likeness (QED) is 0.354. The number of fused-ring (bicyclic) bond motifs is 4. The Morgan fingerprint density at radius 3 is 2.34 bits per heavy atom. The number of ketones is 1. The number of unbranched alkanes of at least 4 members (excludes halogenated alkanes) is 1. The second-order valence-electron chi connectivity index (χ2n) is 9.46. The van der Waals surface area contributed by atoms with Crippen molar-refractivity contribution in [2.24, 2.45) is 0 Å². The van der Waals surface area contributed by atoms with E-state index in [1.165, 1.54) is 5.69 Å². The maximum absolute atomic E-state index is 13.7. The number of carbonyl (C=O) groups excluding carboxylic acids is 1. The van der Waals surface area contributed by atoms with E-state index in [0.717, 1.165) is 49.4 Å². The SMILES string of the molecule is CCCCn1c(-c2ccc(N(CC)CC)cc2)nc2c3c(ccc21)[C@@](C)(O)c1ccccc1C3=O. The third-order valence-corrected chi connectivity index (χ3v) is 7.36. The highest BCUT2D eigenvalue weighted by Crippen LogP contribution is 2.42. The molecule has 1 atom stereocenters. The van der Waals surface area contributed by atoms with E-state index in [9.17, 15) is 9.90 Å². The second-order valence-corrected chi connectivity index (χ2v) is 9.46. The number of aliphatic hydroxyl groups is 1. The van der Waals surface area contributed by atoms with Crippen molar-refractivity contribution in [3.63, 3.8) is 0 Å². The smallest absolute Gasteiger partial charge is 0.196 e. The van der Waals surface area contributed by atoms with E-state index in [2.05, 4.69) is 54.5 Å². The normalized spacial score (nSPS) is 16.9. The molecule has 0 unspecified atom stereocenters. The van der Waals surface area contributed by atoms with E-state index in [4.69, 9.17) is 4.98 Å². The van der Waals surface area contributed by atoms with Crippen molar-refractivity contribution in [1.82, 2.24) is 9.55 Å². The van der Waals surface area contributed by atoms with Crippen molar-refractivity contribution < 1.29 is 9.90 Å². The van der Waals surface area contributed by atoms with Crippen molar-refractivity contribution in [3.8, 4) is 11.4 Å². The first-order chi connectivity index (χ1) is 16.9. The van der Waals surface area contributed by atoms with Crippen LogP contribution in [0.2, 0.25) is 0 Å². The maximum Gasteiger partial charge on any atom is 0.196 e. The number of imidazole rings is 1. The third-order valence-electron chi connectivity index (χ3n) is 7.36. The maximum atomic E-state index is 13.7. The summed E-state index contributed by atoms with van der Waals surface area (Å²) in [6, 6.07) is 19.8. The average Bonchev–Trinajstić information content (AvgIpc) is 3.25. The number of hydrogen-bond acceptors (Lipinski definition) is 4. The van der Waals surface area contributed by atoms with Gasteiger partial charge in [-0.3, -0.25) is 4.79 Å². The van der Waals surface area contributed by atoms with Crippen LogP contribution in [-0.4, -0.2) is 33.5 Å². The number of hydrogen-bond donors (Lipinski definition) is 1. The number of nitrogens with zero attached hydrogens (tertiary/aromatic N) is 3. The van der Waals surface area contributed by atoms with Gasteiger partial charge in [-0.2, -0.15) is 0 Å². The lowest BCUT2D eigenvalue weighted by Gasteiger charge is -2.32. The molecule has 5 heteroatoms. The van der Waals surface area contributed by atoms with Gasteiger partial charge in [-0.1, -0.05) is 43.7 Å². The highest BCUT2D eigenvalue weighted by atomic mass is 16.3. The number of aromatic nitrogens is 2. The minimum Gasteiger partial charge on any atom is -0.381 e. The molecule has 0 spiro atoms. The predicted octanol–water partition coefficient (Wildman–Crippen LogP) is 6.15. The van der Waals surface area contributed by atoms with Crippen LogP contribution in [0, 0.1) is 0 Å². The molecule has 1 aromatic heterocycles. The van der Waals surface area contributed by atoms with E-state index in [1.807, 2.05) is 30.3 Å². The molecule has 5 rings (SSSR count). The number of benzene rings is 3. The molecule has 0 fully saturated rings. The molecule has 0 saturated carbocycles. The Morgan fingerprint density at radius 1 is 0.943 bits per heavy atom. The van der Waals surface area contributed by atoms with Gasteiger partial charge in [0.05, 0.1) is 11.1 Å². The molecule has 1 heterocycles. The summed E-state index contributed by atoms with van der Waals surface area (Å²) in [5.74, 6) is 0.788. The molecule has 0 bridgehead atoms. The van der Waals surface area contributed by atoms with Crippen molar-refractivity contribution in [3.05, 3.63) is 82.9 Å². The topological polar surface area (TPSA) is 58.4 Å². The first-order valence-electron chi connectivity index (χ1n) is 12.7. The zero-order valence-electron chi connectivity index (χ0n) is 21.0. The van der Waals surface area contributed by atoms with E-state index in [1.54, 1.807) is 13.0 Å². The van der Waals surface area contributed by atoms with Crippen LogP contribution >= 0.6 is 0 Å². The van der Waals surface area contributed by atoms with Gasteiger partial charge in [0.2, 0.25) is 0 Å². The molecule has 1 N–H and O–H groups in total. The molecular formula is C30H33N3O2. The summed E-state index contributed by atoms with van der Waals surface area (Å²) in [6.45, 7) is 11.0. The third kappa shape index (κ3) is 3.66. The van der Waals surface area contributed by atoms with Gasteiger partial charge in [0.25, 0.3) is 0 Å². The number of carbonyl (C=O) groups is 1. The summed E-state index contributed by atoms with van der Waals surface area (Å²) in [5.41, 5.74) is 4.89. The monoisotopic (exact) mass is 467 g/mol. The van der Waals surface area contributed by atoms with Gasteiger partial charge >= 0.3 is 0 Å². The molecule has 1 aliphatic rings. The summed E-state index contributed by atoms with van der Waals surface area (Å²) in [5, 5.41) is 11.5. The lowest BCUT2D eigenvalue weighted by atomic mass is 9.75. The summed E-state index contributed by atoms with van der Waals surface area (Å²) in [4.78, 5) is 21.1. The van der Waals surface area contributed by atoms with Gasteiger partial charge < -0.3 is 14.6 Å². The fourth-order valence-electron chi connectivity index (χ4n) is 5.39. The van der Waals surface area contributed by atoms with Gasteiger partial charge in [-0.15, -0.1) is 0 Å². The fourth-order valence-corrected chi connectivity index (χ4v) is 5.39. The van der Waals surface area contributed by atoms with Crippen LogP contribution in [0.5, 0.6) is 0 Å². The number of anilines is 1. The summed E-state index contributed by atoms with van der Waals surface area (Å²) >= 11 is 0. The molecule has 3 aromatic carbocycles. The molecule has 0 saturated heterocycles. The molecule has 4 aromatic rings. The van der Waals surface area contributed by atoms with Gasteiger partial charge in [-0.05, 0) is 63.1 Å². The molecular weight excluding hydrogens is 434 g/mol. The van der Waals surface area contributed by atoms with E-state index >= 15 is 0 Å². The molecule has 0 amide bonds. The minimum atomic E-state index is -1.26. The molecule has 180 valence electrons. The Bertz CT molecular complexity index is 1400. The lowest BCUT2D eigenvalue weighted by Crippen LogP contribution is -2.33. The molecule has 0 radical (unpaired) electrons. The Morgan fingerprint density at radius 2 is 1.66 bits per heavy atom. The van der Waals surface area contributed by atoms with Crippen molar-refractivity contribution >= 4 is 22.5 Å². The zero-order valence-corrected chi connectivity index (χ0v) is 21.0. The second kappa shape index (κ2) is 8.97. The van der Waals surface area contributed by atoms with Crippen LogP contribution in [0.3, 0.4) is 0 Å². The lowest BCUT2D eigenvalue weighted by molar-refractivity contribution is 0.0865. The molecule has 1 aliphatic carbocycles. The predicted molar refractivity (Wildman–Crippen MR) is 142 cm³/mol. The van der Waals surface area contributed by atoms with E-state index in [0.29, 0.717) is 27.8 Å².